The standard InChI is InChI=1S/C27H42NO6P/c1-16-13-19(33-24(29)23(28-7)17(2)34-35(30,31)32)14-18-15-21-26(5)11-8-10-25(3,4)20(26)9-12-27(21,6)22(16)18/h13-14,17,20-21,23,28H,8-12,15H2,1-7H3,(H2,30,31,32)/t17?,20?,21-,23?,26+,27?/m1/s1. The molecule has 1 aromatic carbocycles. The number of ether oxygens (including phenoxy) is 1. The number of phosphoric acid groups is 1. The van der Waals surface area contributed by atoms with Gasteiger partial charge in [-0.25, -0.2) is 9.36 Å². The van der Waals surface area contributed by atoms with Crippen molar-refractivity contribution in [1.82, 2.24) is 5.32 Å². The average molecular weight is 508 g/mol. The monoisotopic (exact) mass is 507 g/mol. The van der Waals surface area contributed by atoms with E-state index in [1.54, 1.807) is 0 Å². The summed E-state index contributed by atoms with van der Waals surface area (Å²) >= 11 is 0. The number of fused-ring (bicyclic) bond motifs is 5. The zero-order valence-electron chi connectivity index (χ0n) is 22.2. The highest BCUT2D eigenvalue weighted by molar-refractivity contribution is 7.46. The van der Waals surface area contributed by atoms with Gasteiger partial charge in [0.05, 0.1) is 6.10 Å². The number of nitrogens with one attached hydrogen (secondary N) is 1. The molecule has 6 atom stereocenters. The van der Waals surface area contributed by atoms with E-state index in [4.69, 9.17) is 19.0 Å². The molecule has 0 amide bonds. The Morgan fingerprint density at radius 2 is 1.83 bits per heavy atom. The Hall–Kier alpha value is -1.24. The topological polar surface area (TPSA) is 105 Å². The molecule has 196 valence electrons. The molecule has 4 rings (SSSR count). The van der Waals surface area contributed by atoms with E-state index in [1.165, 1.54) is 57.2 Å². The van der Waals surface area contributed by atoms with E-state index in [0.717, 1.165) is 17.9 Å². The fraction of sp³-hybridized carbons (Fsp3) is 0.741. The summed E-state index contributed by atoms with van der Waals surface area (Å²) in [4.78, 5) is 31.1. The van der Waals surface area contributed by atoms with Crippen LogP contribution in [0.5, 0.6) is 5.75 Å². The predicted octanol–water partition coefficient (Wildman–Crippen LogP) is 5.04. The molecule has 3 aliphatic carbocycles. The van der Waals surface area contributed by atoms with Gasteiger partial charge in [-0.15, -0.1) is 0 Å². The van der Waals surface area contributed by atoms with Crippen molar-refractivity contribution < 1.29 is 28.4 Å². The maximum absolute atomic E-state index is 12.9. The summed E-state index contributed by atoms with van der Waals surface area (Å²) in [7, 11) is -3.19. The first-order chi connectivity index (χ1) is 16.1. The molecule has 0 saturated heterocycles. The Kier molecular flexibility index (Phi) is 6.86. The Morgan fingerprint density at radius 3 is 2.46 bits per heavy atom. The molecule has 0 heterocycles. The molecule has 0 aromatic heterocycles. The van der Waals surface area contributed by atoms with Crippen molar-refractivity contribution in [3.8, 4) is 5.75 Å². The molecule has 3 aliphatic rings. The van der Waals surface area contributed by atoms with Gasteiger partial charge in [0.1, 0.15) is 11.8 Å². The second-order valence-corrected chi connectivity index (χ2v) is 13.6. The zero-order valence-corrected chi connectivity index (χ0v) is 23.1. The lowest BCUT2D eigenvalue weighted by molar-refractivity contribution is -0.138. The number of rotatable bonds is 6. The van der Waals surface area contributed by atoms with Crippen molar-refractivity contribution in [3.05, 3.63) is 28.8 Å². The third kappa shape index (κ3) is 4.64. The van der Waals surface area contributed by atoms with Gasteiger partial charge in [-0.3, -0.25) is 4.52 Å². The molecule has 3 N–H and O–H groups in total. The van der Waals surface area contributed by atoms with E-state index >= 15 is 0 Å². The van der Waals surface area contributed by atoms with E-state index in [0.29, 0.717) is 22.5 Å². The number of likely N-dealkylation sites (N-methyl/N-ethyl adjacent to an activating group) is 1. The van der Waals surface area contributed by atoms with E-state index in [2.05, 4.69) is 39.9 Å². The van der Waals surface area contributed by atoms with Gasteiger partial charge in [-0.05, 0) is 110 Å². The lowest BCUT2D eigenvalue weighted by atomic mass is 9.43. The van der Waals surface area contributed by atoms with Crippen LogP contribution < -0.4 is 10.1 Å². The van der Waals surface area contributed by atoms with Crippen LogP contribution in [-0.4, -0.2) is 34.9 Å². The van der Waals surface area contributed by atoms with Crippen LogP contribution in [-0.2, 0) is 25.7 Å². The molecule has 4 unspecified atom stereocenters. The normalized spacial score (nSPS) is 33.3. The molecule has 1 aromatic rings. The molecule has 0 bridgehead atoms. The smallest absolute Gasteiger partial charge is 0.425 e. The Morgan fingerprint density at radius 1 is 1.14 bits per heavy atom. The van der Waals surface area contributed by atoms with Crippen molar-refractivity contribution >= 4 is 13.8 Å². The number of carbonyl (C=O) groups excluding carboxylic acids is 1. The maximum atomic E-state index is 12.9. The first kappa shape index (κ1) is 26.8. The summed E-state index contributed by atoms with van der Waals surface area (Å²) in [6.45, 7) is 13.4. The third-order valence-electron chi connectivity index (χ3n) is 9.74. The lowest BCUT2D eigenvalue weighted by Crippen LogP contribution is -2.55. The van der Waals surface area contributed by atoms with Crippen molar-refractivity contribution in [3.63, 3.8) is 0 Å². The van der Waals surface area contributed by atoms with E-state index in [9.17, 15) is 9.36 Å². The van der Waals surface area contributed by atoms with Crippen LogP contribution in [0.15, 0.2) is 12.1 Å². The molecule has 8 heteroatoms. The molecule has 2 fully saturated rings. The Bertz CT molecular complexity index is 1050. The second-order valence-electron chi connectivity index (χ2n) is 12.4. The van der Waals surface area contributed by atoms with Gasteiger partial charge in [0, 0.05) is 0 Å². The Balaban J connectivity index is 1.61. The third-order valence-corrected chi connectivity index (χ3v) is 10.3. The summed E-state index contributed by atoms with van der Waals surface area (Å²) in [5, 5.41) is 2.76. The lowest BCUT2D eigenvalue weighted by Gasteiger charge is -2.61. The largest absolute Gasteiger partial charge is 0.469 e. The number of phosphoric ester groups is 1. The van der Waals surface area contributed by atoms with Crippen LogP contribution >= 0.6 is 7.82 Å². The number of esters is 1. The van der Waals surface area contributed by atoms with Crippen molar-refractivity contribution in [1.29, 1.82) is 0 Å². The van der Waals surface area contributed by atoms with Crippen molar-refractivity contribution in [2.45, 2.75) is 97.6 Å². The van der Waals surface area contributed by atoms with Gasteiger partial charge < -0.3 is 19.8 Å². The summed E-state index contributed by atoms with van der Waals surface area (Å²) in [5.41, 5.74) is 4.63. The van der Waals surface area contributed by atoms with Gasteiger partial charge in [-0.1, -0.05) is 34.1 Å². The molecule has 0 radical (unpaired) electrons. The minimum absolute atomic E-state index is 0.125. The number of carbonyl (C=O) groups is 1. The van der Waals surface area contributed by atoms with Crippen molar-refractivity contribution in [2.75, 3.05) is 7.05 Å². The summed E-state index contributed by atoms with van der Waals surface area (Å²) < 4.78 is 21.7. The minimum atomic E-state index is -4.73. The first-order valence-electron chi connectivity index (χ1n) is 12.9. The van der Waals surface area contributed by atoms with Gasteiger partial charge >= 0.3 is 13.8 Å². The first-order valence-corrected chi connectivity index (χ1v) is 14.4. The minimum Gasteiger partial charge on any atom is -0.425 e. The SMILES string of the molecule is CNC(C(=O)Oc1cc(C)c2c(c1)C[C@H]1C2(C)CCC2C(C)(C)CCC[C@@]21C)C(C)OP(=O)(O)O. The average Bonchev–Trinajstić information content (AvgIpc) is 3.00. The molecule has 7 nitrogen and oxygen atoms in total. The number of hydrogen-bond acceptors (Lipinski definition) is 5. The quantitative estimate of drug-likeness (QED) is 0.281. The van der Waals surface area contributed by atoms with Crippen molar-refractivity contribution in [2.24, 2.45) is 22.7 Å². The molecule has 2 saturated carbocycles. The van der Waals surface area contributed by atoms with Crippen LogP contribution in [0.25, 0.3) is 0 Å². The van der Waals surface area contributed by atoms with Gasteiger partial charge in [0.15, 0.2) is 0 Å². The summed E-state index contributed by atoms with van der Waals surface area (Å²) in [6, 6.07) is 2.93. The predicted molar refractivity (Wildman–Crippen MR) is 135 cm³/mol. The maximum Gasteiger partial charge on any atom is 0.469 e. The second kappa shape index (κ2) is 8.95. The molecule has 0 aliphatic heterocycles. The van der Waals surface area contributed by atoms with Crippen LogP contribution in [0.1, 0.15) is 83.4 Å². The molecule has 35 heavy (non-hydrogen) atoms. The van der Waals surface area contributed by atoms with Gasteiger partial charge in [-0.2, -0.15) is 0 Å². The van der Waals surface area contributed by atoms with Gasteiger partial charge in [0.2, 0.25) is 0 Å². The highest BCUT2D eigenvalue weighted by Gasteiger charge is 2.61. The summed E-state index contributed by atoms with van der Waals surface area (Å²) in [6.07, 6.45) is 6.24. The number of benzene rings is 1. The van der Waals surface area contributed by atoms with Crippen LogP contribution in [0.2, 0.25) is 0 Å². The van der Waals surface area contributed by atoms with Crippen LogP contribution in [0.4, 0.5) is 0 Å². The molecular formula is C27H42NO6P. The zero-order chi connectivity index (χ0) is 26.0. The van der Waals surface area contributed by atoms with E-state index in [-0.39, 0.29) is 5.41 Å². The van der Waals surface area contributed by atoms with E-state index < -0.39 is 25.9 Å². The Labute approximate surface area is 209 Å². The fourth-order valence-electron chi connectivity index (χ4n) is 8.49. The number of aryl methyl sites for hydroxylation is 1. The van der Waals surface area contributed by atoms with Gasteiger partial charge in [0.25, 0.3) is 0 Å². The molecular weight excluding hydrogens is 465 g/mol. The van der Waals surface area contributed by atoms with Crippen LogP contribution in [0.3, 0.4) is 0 Å². The number of hydrogen-bond donors (Lipinski definition) is 3. The highest BCUT2D eigenvalue weighted by atomic mass is 31.2. The summed E-state index contributed by atoms with van der Waals surface area (Å²) in [5.74, 6) is 1.13. The van der Waals surface area contributed by atoms with E-state index in [1.807, 2.05) is 12.1 Å². The van der Waals surface area contributed by atoms with Crippen LogP contribution in [0, 0.1) is 29.6 Å². The highest BCUT2D eigenvalue weighted by Crippen LogP contribution is 2.68. The fourth-order valence-corrected chi connectivity index (χ4v) is 9.04. The molecule has 0 spiro atoms.